The number of benzene rings is 4. The third-order valence-electron chi connectivity index (χ3n) is 6.02. The van der Waals surface area contributed by atoms with Crippen molar-refractivity contribution in [2.24, 2.45) is 0 Å². The van der Waals surface area contributed by atoms with Crippen LogP contribution in [0.25, 0.3) is 0 Å². The minimum atomic E-state index is -4.03. The summed E-state index contributed by atoms with van der Waals surface area (Å²) in [5.41, 5.74) is 2.39. The van der Waals surface area contributed by atoms with Crippen LogP contribution < -0.4 is 14.4 Å². The number of amides is 1. The first-order valence-electron chi connectivity index (χ1n) is 12.4. The number of rotatable bonds is 12. The molecule has 4 rings (SSSR count). The molecular weight excluding hydrogens is 587 g/mol. The van der Waals surface area contributed by atoms with Crippen LogP contribution in [0.15, 0.2) is 102 Å². The Morgan fingerprint density at radius 2 is 1.57 bits per heavy atom. The molecule has 4 aromatic carbocycles. The minimum Gasteiger partial charge on any atom is -0.497 e. The van der Waals surface area contributed by atoms with Gasteiger partial charge in [0.2, 0.25) is 0 Å². The second-order valence-corrected chi connectivity index (χ2v) is 12.5. The number of ether oxygens (including phenoxy) is 1. The predicted molar refractivity (Wildman–Crippen MR) is 164 cm³/mol. The normalized spacial score (nSPS) is 11.2. The lowest BCUT2D eigenvalue weighted by Crippen LogP contribution is -2.34. The summed E-state index contributed by atoms with van der Waals surface area (Å²) in [6.07, 6.45) is 0. The lowest BCUT2D eigenvalue weighted by atomic mass is 10.1. The molecule has 0 aliphatic rings. The minimum absolute atomic E-state index is 0.0546. The highest BCUT2D eigenvalue weighted by molar-refractivity contribution is 7.98. The number of carbonyl (C=O) groups is 1. The monoisotopic (exact) mass is 614 g/mol. The van der Waals surface area contributed by atoms with Crippen LogP contribution in [0.1, 0.15) is 21.5 Å². The zero-order valence-electron chi connectivity index (χ0n) is 21.7. The van der Waals surface area contributed by atoms with Crippen molar-refractivity contribution in [2.75, 3.05) is 23.7 Å². The molecule has 0 aliphatic heterocycles. The summed E-state index contributed by atoms with van der Waals surface area (Å²) in [4.78, 5) is 13.4. The van der Waals surface area contributed by atoms with Gasteiger partial charge in [-0.25, -0.2) is 8.42 Å². The van der Waals surface area contributed by atoms with Crippen molar-refractivity contribution in [1.29, 1.82) is 0 Å². The van der Waals surface area contributed by atoms with Gasteiger partial charge >= 0.3 is 0 Å². The van der Waals surface area contributed by atoms with E-state index < -0.39 is 10.0 Å². The fourth-order valence-electron chi connectivity index (χ4n) is 3.96. The molecule has 0 unspecified atom stereocenters. The first kappa shape index (κ1) is 29.8. The number of methoxy groups -OCH3 is 1. The van der Waals surface area contributed by atoms with E-state index in [0.29, 0.717) is 39.5 Å². The number of para-hydroxylation sites is 1. The molecule has 208 valence electrons. The molecule has 6 nitrogen and oxygen atoms in total. The maximum absolute atomic E-state index is 13.9. The summed E-state index contributed by atoms with van der Waals surface area (Å²) in [7, 11) is -2.51. The van der Waals surface area contributed by atoms with Gasteiger partial charge in [0.25, 0.3) is 15.9 Å². The number of sulfonamides is 1. The topological polar surface area (TPSA) is 75.7 Å². The highest BCUT2D eigenvalue weighted by Gasteiger charge is 2.28. The van der Waals surface area contributed by atoms with Crippen LogP contribution in [0.3, 0.4) is 0 Å². The van der Waals surface area contributed by atoms with Crippen LogP contribution in [-0.4, -0.2) is 33.7 Å². The molecule has 0 spiro atoms. The van der Waals surface area contributed by atoms with E-state index >= 15 is 0 Å². The van der Waals surface area contributed by atoms with Gasteiger partial charge in [-0.15, -0.1) is 0 Å². The van der Waals surface area contributed by atoms with Crippen LogP contribution in [0.5, 0.6) is 5.75 Å². The number of halogens is 2. The SMILES string of the molecule is COc1ccc(S(=O)(=O)N(Cc2ccccc2)c2ccccc2C(=O)NCCSCc2ccc(Cl)c(Cl)c2)cc1. The number of hydrogen-bond donors (Lipinski definition) is 1. The maximum Gasteiger partial charge on any atom is 0.264 e. The second kappa shape index (κ2) is 13.9. The Kier molecular flexibility index (Phi) is 10.4. The molecule has 10 heteroatoms. The summed E-state index contributed by atoms with van der Waals surface area (Å²) in [5, 5.41) is 3.95. The fourth-order valence-corrected chi connectivity index (χ4v) is 6.56. The van der Waals surface area contributed by atoms with Gasteiger partial charge < -0.3 is 10.1 Å². The van der Waals surface area contributed by atoms with Gasteiger partial charge in [-0.2, -0.15) is 11.8 Å². The molecular formula is C30H28Cl2N2O4S2. The van der Waals surface area contributed by atoms with Gasteiger partial charge in [0, 0.05) is 18.1 Å². The molecule has 1 N–H and O–H groups in total. The number of carbonyl (C=O) groups excluding carboxylic acids is 1. The molecule has 40 heavy (non-hydrogen) atoms. The number of thioether (sulfide) groups is 1. The molecule has 0 heterocycles. The van der Waals surface area contributed by atoms with Crippen LogP contribution in [0, 0.1) is 0 Å². The lowest BCUT2D eigenvalue weighted by Gasteiger charge is -2.26. The Morgan fingerprint density at radius 1 is 0.875 bits per heavy atom. The standard InChI is InChI=1S/C30H28Cl2N2O4S2/c1-38-24-12-14-25(15-13-24)40(36,37)34(20-22-7-3-2-4-8-22)29-10-6-5-9-26(29)30(35)33-17-18-39-21-23-11-16-27(31)28(32)19-23/h2-16,19H,17-18,20-21H2,1H3,(H,33,35). The molecule has 0 saturated carbocycles. The summed E-state index contributed by atoms with van der Waals surface area (Å²) < 4.78 is 34.3. The number of anilines is 1. The average molecular weight is 616 g/mol. The van der Waals surface area contributed by atoms with Gasteiger partial charge in [0.15, 0.2) is 0 Å². The van der Waals surface area contributed by atoms with E-state index in [0.717, 1.165) is 11.1 Å². The Bertz CT molecular complexity index is 1550. The van der Waals surface area contributed by atoms with Crippen LogP contribution in [-0.2, 0) is 22.3 Å². The van der Waals surface area contributed by atoms with Gasteiger partial charge in [-0.3, -0.25) is 9.10 Å². The highest BCUT2D eigenvalue weighted by Crippen LogP contribution is 2.30. The lowest BCUT2D eigenvalue weighted by molar-refractivity contribution is 0.0957. The third kappa shape index (κ3) is 7.52. The van der Waals surface area contributed by atoms with E-state index in [9.17, 15) is 13.2 Å². The molecule has 0 bridgehead atoms. The van der Waals surface area contributed by atoms with E-state index in [1.165, 1.54) is 23.5 Å². The first-order chi connectivity index (χ1) is 19.3. The molecule has 0 aromatic heterocycles. The fraction of sp³-hybridized carbons (Fsp3) is 0.167. The Hall–Kier alpha value is -3.17. The summed E-state index contributed by atoms with van der Waals surface area (Å²) in [5.74, 6) is 1.57. The van der Waals surface area contributed by atoms with Crippen molar-refractivity contribution < 1.29 is 17.9 Å². The number of hydrogen-bond acceptors (Lipinski definition) is 5. The third-order valence-corrected chi connectivity index (χ3v) is 9.56. The van der Waals surface area contributed by atoms with E-state index in [2.05, 4.69) is 5.32 Å². The molecule has 0 aliphatic carbocycles. The van der Waals surface area contributed by atoms with Gasteiger partial charge in [-0.05, 0) is 59.7 Å². The predicted octanol–water partition coefficient (Wildman–Crippen LogP) is 7.06. The second-order valence-electron chi connectivity index (χ2n) is 8.75. The van der Waals surface area contributed by atoms with E-state index in [-0.39, 0.29) is 22.9 Å². The number of nitrogens with zero attached hydrogens (tertiary/aromatic N) is 1. The van der Waals surface area contributed by atoms with Crippen molar-refractivity contribution >= 4 is 56.6 Å². The Morgan fingerprint density at radius 3 is 2.27 bits per heavy atom. The summed E-state index contributed by atoms with van der Waals surface area (Å²) >= 11 is 13.7. The number of nitrogens with one attached hydrogen (secondary N) is 1. The van der Waals surface area contributed by atoms with Crippen molar-refractivity contribution in [3.63, 3.8) is 0 Å². The maximum atomic E-state index is 13.9. The smallest absolute Gasteiger partial charge is 0.264 e. The average Bonchev–Trinajstić information content (AvgIpc) is 2.98. The molecule has 1 amide bonds. The summed E-state index contributed by atoms with van der Waals surface area (Å²) in [6.45, 7) is 0.460. The van der Waals surface area contributed by atoms with Crippen molar-refractivity contribution in [3.05, 3.63) is 124 Å². The van der Waals surface area contributed by atoms with Crippen molar-refractivity contribution in [1.82, 2.24) is 5.32 Å². The van der Waals surface area contributed by atoms with Gasteiger partial charge in [0.1, 0.15) is 5.75 Å². The Labute approximate surface area is 249 Å². The van der Waals surface area contributed by atoms with E-state index in [1.807, 2.05) is 42.5 Å². The first-order valence-corrected chi connectivity index (χ1v) is 15.7. The molecule has 0 fully saturated rings. The van der Waals surface area contributed by atoms with Crippen LogP contribution in [0.2, 0.25) is 10.0 Å². The van der Waals surface area contributed by atoms with Crippen molar-refractivity contribution in [3.8, 4) is 5.75 Å². The Balaban J connectivity index is 1.53. The van der Waals surface area contributed by atoms with Crippen LogP contribution >= 0.6 is 35.0 Å². The quantitative estimate of drug-likeness (QED) is 0.173. The molecule has 0 saturated heterocycles. The highest BCUT2D eigenvalue weighted by atomic mass is 35.5. The molecule has 0 radical (unpaired) electrons. The van der Waals surface area contributed by atoms with Gasteiger partial charge in [-0.1, -0.05) is 71.7 Å². The zero-order valence-corrected chi connectivity index (χ0v) is 24.9. The van der Waals surface area contributed by atoms with Crippen molar-refractivity contribution in [2.45, 2.75) is 17.2 Å². The van der Waals surface area contributed by atoms with Crippen LogP contribution in [0.4, 0.5) is 5.69 Å². The van der Waals surface area contributed by atoms with E-state index in [4.69, 9.17) is 27.9 Å². The largest absolute Gasteiger partial charge is 0.497 e. The molecule has 4 aromatic rings. The summed E-state index contributed by atoms with van der Waals surface area (Å²) in [6, 6.07) is 27.7. The van der Waals surface area contributed by atoms with Gasteiger partial charge in [0.05, 0.1) is 39.8 Å². The zero-order chi connectivity index (χ0) is 28.5. The molecule has 0 atom stereocenters. The van der Waals surface area contributed by atoms with E-state index in [1.54, 1.807) is 54.2 Å².